The third-order valence-corrected chi connectivity index (χ3v) is 4.85. The first kappa shape index (κ1) is 14.2. The van der Waals surface area contributed by atoms with Gasteiger partial charge < -0.3 is 10.5 Å². The SMILES string of the molecule is CCOC(=O)c1cc(N)cc(Cl)c1Sc1cccs1. The Hall–Kier alpha value is -1.17. The first-order chi connectivity index (χ1) is 9.11. The van der Waals surface area contributed by atoms with Crippen LogP contribution in [0.25, 0.3) is 0 Å². The van der Waals surface area contributed by atoms with Crippen molar-refractivity contribution in [3.63, 3.8) is 0 Å². The third kappa shape index (κ3) is 3.43. The number of rotatable bonds is 4. The summed E-state index contributed by atoms with van der Waals surface area (Å²) in [5, 5.41) is 2.43. The summed E-state index contributed by atoms with van der Waals surface area (Å²) >= 11 is 9.22. The van der Waals surface area contributed by atoms with Crippen LogP contribution in [0.15, 0.2) is 38.8 Å². The molecular weight excluding hydrogens is 302 g/mol. The van der Waals surface area contributed by atoms with E-state index in [4.69, 9.17) is 22.1 Å². The van der Waals surface area contributed by atoms with E-state index >= 15 is 0 Å². The van der Waals surface area contributed by atoms with Gasteiger partial charge in [0.05, 0.1) is 21.4 Å². The van der Waals surface area contributed by atoms with Gasteiger partial charge in [-0.3, -0.25) is 0 Å². The number of anilines is 1. The normalized spacial score (nSPS) is 10.4. The van der Waals surface area contributed by atoms with E-state index in [2.05, 4.69) is 0 Å². The molecule has 2 N–H and O–H groups in total. The highest BCUT2D eigenvalue weighted by molar-refractivity contribution is 8.01. The molecule has 0 aliphatic carbocycles. The summed E-state index contributed by atoms with van der Waals surface area (Å²) in [6.07, 6.45) is 0. The first-order valence-electron chi connectivity index (χ1n) is 5.59. The Morgan fingerprint density at radius 3 is 2.95 bits per heavy atom. The Kier molecular flexibility index (Phi) is 4.74. The molecule has 0 bridgehead atoms. The number of carbonyl (C=O) groups is 1. The van der Waals surface area contributed by atoms with Crippen LogP contribution >= 0.6 is 34.7 Å². The summed E-state index contributed by atoms with van der Waals surface area (Å²) in [5.74, 6) is -0.407. The number of carbonyl (C=O) groups excluding carboxylic acids is 1. The van der Waals surface area contributed by atoms with E-state index in [1.165, 1.54) is 11.8 Å². The molecule has 19 heavy (non-hydrogen) atoms. The number of hydrogen-bond donors (Lipinski definition) is 1. The molecule has 1 heterocycles. The van der Waals surface area contributed by atoms with Gasteiger partial charge in [0.1, 0.15) is 0 Å². The van der Waals surface area contributed by atoms with E-state index in [1.807, 2.05) is 17.5 Å². The Balaban J connectivity index is 2.42. The van der Waals surface area contributed by atoms with Crippen molar-refractivity contribution < 1.29 is 9.53 Å². The Labute approximate surface area is 124 Å². The summed E-state index contributed by atoms with van der Waals surface area (Å²) in [5.41, 5.74) is 6.59. The van der Waals surface area contributed by atoms with Gasteiger partial charge in [0, 0.05) is 10.6 Å². The van der Waals surface area contributed by atoms with E-state index in [0.717, 1.165) is 4.21 Å². The number of esters is 1. The van der Waals surface area contributed by atoms with Crippen molar-refractivity contribution >= 4 is 46.4 Å². The van der Waals surface area contributed by atoms with Gasteiger partial charge in [0.25, 0.3) is 0 Å². The molecule has 0 atom stereocenters. The minimum atomic E-state index is -0.407. The predicted octanol–water partition coefficient (Wildman–Crippen LogP) is 4.31. The van der Waals surface area contributed by atoms with Crippen molar-refractivity contribution in [2.24, 2.45) is 0 Å². The zero-order valence-corrected chi connectivity index (χ0v) is 12.6. The molecule has 0 radical (unpaired) electrons. The molecule has 0 aliphatic rings. The average Bonchev–Trinajstić information content (AvgIpc) is 2.85. The lowest BCUT2D eigenvalue weighted by atomic mass is 10.2. The lowest BCUT2D eigenvalue weighted by molar-refractivity contribution is 0.0522. The molecule has 0 aliphatic heterocycles. The molecule has 3 nitrogen and oxygen atoms in total. The van der Waals surface area contributed by atoms with Crippen LogP contribution < -0.4 is 5.73 Å². The van der Waals surface area contributed by atoms with Gasteiger partial charge in [-0.2, -0.15) is 0 Å². The van der Waals surface area contributed by atoms with Crippen LogP contribution in [0.1, 0.15) is 17.3 Å². The number of thiophene rings is 1. The Bertz CT molecular complexity index is 585. The number of nitrogen functional groups attached to an aromatic ring is 1. The monoisotopic (exact) mass is 313 g/mol. The lowest BCUT2D eigenvalue weighted by Gasteiger charge is -2.10. The van der Waals surface area contributed by atoms with Gasteiger partial charge in [-0.25, -0.2) is 4.79 Å². The van der Waals surface area contributed by atoms with E-state index in [0.29, 0.717) is 27.8 Å². The second-order valence-electron chi connectivity index (χ2n) is 3.63. The molecule has 0 amide bonds. The second-order valence-corrected chi connectivity index (χ2v) is 6.30. The van der Waals surface area contributed by atoms with E-state index in [-0.39, 0.29) is 0 Å². The zero-order chi connectivity index (χ0) is 13.8. The van der Waals surface area contributed by atoms with Crippen molar-refractivity contribution in [2.45, 2.75) is 16.0 Å². The predicted molar refractivity (Wildman–Crippen MR) is 80.3 cm³/mol. The highest BCUT2D eigenvalue weighted by Crippen LogP contribution is 2.39. The Morgan fingerprint density at radius 1 is 1.53 bits per heavy atom. The summed E-state index contributed by atoms with van der Waals surface area (Å²) in [4.78, 5) is 12.6. The minimum absolute atomic E-state index is 0.314. The van der Waals surface area contributed by atoms with Gasteiger partial charge in [-0.1, -0.05) is 29.4 Å². The molecule has 100 valence electrons. The maximum Gasteiger partial charge on any atom is 0.339 e. The fraction of sp³-hybridized carbons (Fsp3) is 0.154. The zero-order valence-electron chi connectivity index (χ0n) is 10.2. The van der Waals surface area contributed by atoms with Crippen LogP contribution in [0, 0.1) is 0 Å². The highest BCUT2D eigenvalue weighted by atomic mass is 35.5. The number of ether oxygens (including phenoxy) is 1. The molecule has 0 unspecified atom stereocenters. The van der Waals surface area contributed by atoms with Crippen LogP contribution in [0.3, 0.4) is 0 Å². The molecule has 1 aromatic heterocycles. The summed E-state index contributed by atoms with van der Waals surface area (Å²) < 4.78 is 6.09. The summed E-state index contributed by atoms with van der Waals surface area (Å²) in [6.45, 7) is 2.08. The highest BCUT2D eigenvalue weighted by Gasteiger charge is 2.18. The van der Waals surface area contributed by atoms with Crippen molar-refractivity contribution in [1.29, 1.82) is 0 Å². The molecule has 2 aromatic rings. The molecule has 0 saturated carbocycles. The second kappa shape index (κ2) is 6.32. The lowest BCUT2D eigenvalue weighted by Crippen LogP contribution is -2.07. The van der Waals surface area contributed by atoms with Gasteiger partial charge >= 0.3 is 5.97 Å². The molecule has 0 spiro atoms. The van der Waals surface area contributed by atoms with Crippen LogP contribution in [0.5, 0.6) is 0 Å². The van der Waals surface area contributed by atoms with Crippen LogP contribution in [-0.2, 0) is 4.74 Å². The molecule has 0 fully saturated rings. The van der Waals surface area contributed by atoms with Gasteiger partial charge in [0.2, 0.25) is 0 Å². The average molecular weight is 314 g/mol. The van der Waals surface area contributed by atoms with Crippen molar-refractivity contribution in [2.75, 3.05) is 12.3 Å². The van der Waals surface area contributed by atoms with E-state index in [9.17, 15) is 4.79 Å². The summed E-state index contributed by atoms with van der Waals surface area (Å²) in [7, 11) is 0. The molecule has 6 heteroatoms. The molecule has 0 saturated heterocycles. The van der Waals surface area contributed by atoms with E-state index in [1.54, 1.807) is 30.4 Å². The smallest absolute Gasteiger partial charge is 0.339 e. The van der Waals surface area contributed by atoms with Crippen LogP contribution in [-0.4, -0.2) is 12.6 Å². The van der Waals surface area contributed by atoms with Crippen LogP contribution in [0.4, 0.5) is 5.69 Å². The number of nitrogens with two attached hydrogens (primary N) is 1. The third-order valence-electron chi connectivity index (χ3n) is 2.26. The van der Waals surface area contributed by atoms with Crippen LogP contribution in [0.2, 0.25) is 5.02 Å². The van der Waals surface area contributed by atoms with Crippen molar-refractivity contribution in [3.05, 3.63) is 40.2 Å². The van der Waals surface area contributed by atoms with Gasteiger partial charge in [0.15, 0.2) is 0 Å². The molecular formula is C13H12ClNO2S2. The maximum absolute atomic E-state index is 12.0. The van der Waals surface area contributed by atoms with E-state index < -0.39 is 5.97 Å². The Morgan fingerprint density at radius 2 is 2.32 bits per heavy atom. The van der Waals surface area contributed by atoms with Crippen molar-refractivity contribution in [1.82, 2.24) is 0 Å². The number of hydrogen-bond acceptors (Lipinski definition) is 5. The van der Waals surface area contributed by atoms with Gasteiger partial charge in [-0.15, -0.1) is 11.3 Å². The first-order valence-corrected chi connectivity index (χ1v) is 7.66. The summed E-state index contributed by atoms with van der Waals surface area (Å²) in [6, 6.07) is 7.15. The topological polar surface area (TPSA) is 52.3 Å². The number of benzene rings is 1. The fourth-order valence-electron chi connectivity index (χ4n) is 1.50. The standard InChI is InChI=1S/C13H12ClNO2S2/c1-2-17-13(16)9-6-8(15)7-10(14)12(9)19-11-4-3-5-18-11/h3-7H,2,15H2,1H3. The fourth-order valence-corrected chi connectivity index (χ4v) is 3.66. The largest absolute Gasteiger partial charge is 0.462 e. The maximum atomic E-state index is 12.0. The number of halogens is 1. The molecule has 1 aromatic carbocycles. The quantitative estimate of drug-likeness (QED) is 0.675. The van der Waals surface area contributed by atoms with Crippen molar-refractivity contribution in [3.8, 4) is 0 Å². The van der Waals surface area contributed by atoms with Gasteiger partial charge in [-0.05, 0) is 30.5 Å². The molecule has 2 rings (SSSR count). The minimum Gasteiger partial charge on any atom is -0.462 e.